The fourth-order valence-corrected chi connectivity index (χ4v) is 0.677. The number of aliphatic hydroxyl groups excluding tert-OH is 1. The monoisotopic (exact) mass is 164 g/mol. The SMILES string of the molecule is NCCC(CN)OCC(O)O. The maximum absolute atomic E-state index is 8.42. The second-order valence-corrected chi connectivity index (χ2v) is 2.25. The third-order valence-corrected chi connectivity index (χ3v) is 1.23. The summed E-state index contributed by atoms with van der Waals surface area (Å²) in [6.07, 6.45) is -0.952. The predicted molar refractivity (Wildman–Crippen MR) is 40.7 cm³/mol. The summed E-state index contributed by atoms with van der Waals surface area (Å²) in [6, 6.07) is 0. The van der Waals surface area contributed by atoms with Crippen molar-refractivity contribution in [1.82, 2.24) is 0 Å². The molecule has 1 atom stereocenters. The normalized spacial score (nSPS) is 13.9. The molecule has 0 amide bonds. The van der Waals surface area contributed by atoms with Crippen molar-refractivity contribution < 1.29 is 14.9 Å². The molecule has 6 N–H and O–H groups in total. The van der Waals surface area contributed by atoms with Gasteiger partial charge in [-0.2, -0.15) is 0 Å². The molecule has 0 aromatic heterocycles. The Balaban J connectivity index is 3.35. The van der Waals surface area contributed by atoms with Crippen molar-refractivity contribution in [2.45, 2.75) is 18.8 Å². The van der Waals surface area contributed by atoms with Gasteiger partial charge in [-0.1, -0.05) is 0 Å². The van der Waals surface area contributed by atoms with Crippen molar-refractivity contribution in [3.05, 3.63) is 0 Å². The molecule has 0 aliphatic rings. The van der Waals surface area contributed by atoms with Gasteiger partial charge in [-0.15, -0.1) is 0 Å². The Hall–Kier alpha value is -0.200. The van der Waals surface area contributed by atoms with Crippen LogP contribution < -0.4 is 11.5 Å². The lowest BCUT2D eigenvalue weighted by atomic mass is 10.2. The molecule has 0 aliphatic carbocycles. The maximum atomic E-state index is 8.42. The Morgan fingerprint density at radius 1 is 1.27 bits per heavy atom. The number of aliphatic hydroxyl groups is 2. The molecule has 0 aromatic carbocycles. The van der Waals surface area contributed by atoms with Crippen molar-refractivity contribution in [2.75, 3.05) is 19.7 Å². The topological polar surface area (TPSA) is 102 Å². The summed E-state index contributed by atoms with van der Waals surface area (Å²) in [6.45, 7) is 0.731. The summed E-state index contributed by atoms with van der Waals surface area (Å²) in [4.78, 5) is 0. The molecule has 0 spiro atoms. The molecule has 0 saturated carbocycles. The van der Waals surface area contributed by atoms with E-state index in [-0.39, 0.29) is 12.7 Å². The molecule has 0 bridgehead atoms. The zero-order chi connectivity index (χ0) is 8.69. The lowest BCUT2D eigenvalue weighted by Gasteiger charge is -2.15. The lowest BCUT2D eigenvalue weighted by molar-refractivity contribution is -0.111. The summed E-state index contributed by atoms with van der Waals surface area (Å²) in [5, 5.41) is 16.8. The highest BCUT2D eigenvalue weighted by molar-refractivity contribution is 4.58. The van der Waals surface area contributed by atoms with E-state index < -0.39 is 6.29 Å². The van der Waals surface area contributed by atoms with Crippen molar-refractivity contribution in [2.24, 2.45) is 11.5 Å². The smallest absolute Gasteiger partial charge is 0.175 e. The van der Waals surface area contributed by atoms with E-state index in [0.29, 0.717) is 19.5 Å². The Labute approximate surface area is 65.9 Å². The zero-order valence-electron chi connectivity index (χ0n) is 6.44. The molecular formula is C6H16N2O3. The third kappa shape index (κ3) is 6.21. The van der Waals surface area contributed by atoms with Gasteiger partial charge in [0.25, 0.3) is 0 Å². The van der Waals surface area contributed by atoms with Gasteiger partial charge in [0.05, 0.1) is 12.7 Å². The minimum Gasteiger partial charge on any atom is -0.372 e. The van der Waals surface area contributed by atoms with Gasteiger partial charge >= 0.3 is 0 Å². The molecule has 11 heavy (non-hydrogen) atoms. The lowest BCUT2D eigenvalue weighted by Crippen LogP contribution is -2.29. The molecule has 0 fully saturated rings. The first-order valence-corrected chi connectivity index (χ1v) is 3.58. The van der Waals surface area contributed by atoms with Crippen LogP contribution in [0.3, 0.4) is 0 Å². The summed E-state index contributed by atoms with van der Waals surface area (Å²) in [5.74, 6) is 0. The highest BCUT2D eigenvalue weighted by Gasteiger charge is 2.07. The van der Waals surface area contributed by atoms with Crippen molar-refractivity contribution in [3.63, 3.8) is 0 Å². The van der Waals surface area contributed by atoms with Gasteiger partial charge in [0.2, 0.25) is 0 Å². The van der Waals surface area contributed by atoms with Crippen LogP contribution in [0.25, 0.3) is 0 Å². The number of rotatable bonds is 6. The quantitative estimate of drug-likeness (QED) is 0.340. The van der Waals surface area contributed by atoms with Crippen LogP contribution in [0.5, 0.6) is 0 Å². The van der Waals surface area contributed by atoms with Crippen LogP contribution in [-0.2, 0) is 4.74 Å². The van der Waals surface area contributed by atoms with Crippen molar-refractivity contribution in [3.8, 4) is 0 Å². The van der Waals surface area contributed by atoms with Gasteiger partial charge in [-0.3, -0.25) is 0 Å². The van der Waals surface area contributed by atoms with Gasteiger partial charge in [-0.05, 0) is 13.0 Å². The summed E-state index contributed by atoms with van der Waals surface area (Å²) < 4.78 is 4.99. The number of hydrogen-bond donors (Lipinski definition) is 4. The molecule has 0 saturated heterocycles. The van der Waals surface area contributed by atoms with Crippen LogP contribution in [0.1, 0.15) is 6.42 Å². The van der Waals surface area contributed by atoms with Crippen LogP contribution in [0.2, 0.25) is 0 Å². The average molecular weight is 164 g/mol. The Kier molecular flexibility index (Phi) is 6.39. The Bertz CT molecular complexity index is 89.9. The van der Waals surface area contributed by atoms with Gasteiger partial charge < -0.3 is 26.4 Å². The number of hydrogen-bond acceptors (Lipinski definition) is 5. The van der Waals surface area contributed by atoms with E-state index in [1.54, 1.807) is 0 Å². The highest BCUT2D eigenvalue weighted by Crippen LogP contribution is 1.95. The van der Waals surface area contributed by atoms with Gasteiger partial charge in [-0.25, -0.2) is 0 Å². The molecular weight excluding hydrogens is 148 g/mol. The van der Waals surface area contributed by atoms with Crippen LogP contribution in [0, 0.1) is 0 Å². The molecule has 0 radical (unpaired) electrons. The molecule has 5 heteroatoms. The summed E-state index contributed by atoms with van der Waals surface area (Å²) >= 11 is 0. The summed E-state index contributed by atoms with van der Waals surface area (Å²) in [5.41, 5.74) is 10.6. The van der Waals surface area contributed by atoms with E-state index in [1.165, 1.54) is 0 Å². The first-order chi connectivity index (χ1) is 5.20. The second kappa shape index (κ2) is 6.51. The van der Waals surface area contributed by atoms with Gasteiger partial charge in [0.15, 0.2) is 6.29 Å². The predicted octanol–water partition coefficient (Wildman–Crippen LogP) is -2.01. The van der Waals surface area contributed by atoms with Gasteiger partial charge in [0.1, 0.15) is 0 Å². The molecule has 0 rings (SSSR count). The van der Waals surface area contributed by atoms with E-state index in [2.05, 4.69) is 0 Å². The van der Waals surface area contributed by atoms with E-state index in [0.717, 1.165) is 0 Å². The molecule has 1 unspecified atom stereocenters. The van der Waals surface area contributed by atoms with Crippen LogP contribution in [0.4, 0.5) is 0 Å². The minimum atomic E-state index is -1.43. The van der Waals surface area contributed by atoms with Crippen molar-refractivity contribution >= 4 is 0 Å². The first kappa shape index (κ1) is 10.8. The van der Waals surface area contributed by atoms with E-state index in [4.69, 9.17) is 26.4 Å². The number of ether oxygens (including phenoxy) is 1. The Morgan fingerprint density at radius 2 is 1.91 bits per heavy atom. The van der Waals surface area contributed by atoms with Crippen LogP contribution >= 0.6 is 0 Å². The fourth-order valence-electron chi connectivity index (χ4n) is 0.677. The van der Waals surface area contributed by atoms with E-state index in [1.807, 2.05) is 0 Å². The van der Waals surface area contributed by atoms with Crippen molar-refractivity contribution in [1.29, 1.82) is 0 Å². The minimum absolute atomic E-state index is 0.109. The Morgan fingerprint density at radius 3 is 2.27 bits per heavy atom. The van der Waals surface area contributed by atoms with Crippen LogP contribution in [-0.4, -0.2) is 42.3 Å². The zero-order valence-corrected chi connectivity index (χ0v) is 6.44. The maximum Gasteiger partial charge on any atom is 0.175 e. The molecule has 0 heterocycles. The molecule has 68 valence electrons. The first-order valence-electron chi connectivity index (χ1n) is 3.58. The standard InChI is InChI=1S/C6H16N2O3/c7-2-1-5(3-8)11-4-6(9)10/h5-6,9-10H,1-4,7-8H2. The highest BCUT2D eigenvalue weighted by atomic mass is 16.5. The molecule has 0 aromatic rings. The number of nitrogens with two attached hydrogens (primary N) is 2. The second-order valence-electron chi connectivity index (χ2n) is 2.25. The van der Waals surface area contributed by atoms with E-state index in [9.17, 15) is 0 Å². The fraction of sp³-hybridized carbons (Fsp3) is 1.00. The average Bonchev–Trinajstić information content (AvgIpc) is 1.97. The largest absolute Gasteiger partial charge is 0.372 e. The van der Waals surface area contributed by atoms with Crippen LogP contribution in [0.15, 0.2) is 0 Å². The molecule has 0 aliphatic heterocycles. The summed E-state index contributed by atoms with van der Waals surface area (Å²) in [7, 11) is 0. The van der Waals surface area contributed by atoms with Gasteiger partial charge in [0, 0.05) is 6.54 Å². The molecule has 5 nitrogen and oxygen atoms in total. The third-order valence-electron chi connectivity index (χ3n) is 1.23. The van der Waals surface area contributed by atoms with E-state index >= 15 is 0 Å².